The number of nitrogens with zero attached hydrogens (tertiary/aromatic N) is 1. The Hall–Kier alpha value is -1.49. The summed E-state index contributed by atoms with van der Waals surface area (Å²) in [7, 11) is -7.52. The van der Waals surface area contributed by atoms with Crippen LogP contribution in [0.25, 0.3) is 0 Å². The molecule has 0 saturated carbocycles. The molecule has 27 heavy (non-hydrogen) atoms. The molecule has 0 unspecified atom stereocenters. The quantitative estimate of drug-likeness (QED) is 0.639. The lowest BCUT2D eigenvalue weighted by Gasteiger charge is -2.19. The van der Waals surface area contributed by atoms with Crippen molar-refractivity contribution in [1.82, 2.24) is 4.72 Å². The zero-order chi connectivity index (χ0) is 20.5. The summed E-state index contributed by atoms with van der Waals surface area (Å²) in [4.78, 5) is 12.5. The summed E-state index contributed by atoms with van der Waals surface area (Å²) in [5.74, 6) is -0.800. The van der Waals surface area contributed by atoms with Crippen LogP contribution >= 0.6 is 0 Å². The third-order valence-electron chi connectivity index (χ3n) is 4.23. The fraction of sp³-hybridized carbons (Fsp3) is 0.588. The Kier molecular flexibility index (Phi) is 6.35. The molecule has 1 aromatic carbocycles. The summed E-state index contributed by atoms with van der Waals surface area (Å²) in [5.41, 5.74) is -0.504. The highest BCUT2D eigenvalue weighted by atomic mass is 32.2. The monoisotopic (exact) mass is 418 g/mol. The van der Waals surface area contributed by atoms with E-state index in [4.69, 9.17) is 4.74 Å². The van der Waals surface area contributed by atoms with E-state index >= 15 is 0 Å². The third kappa shape index (κ3) is 4.68. The number of amides is 1. The van der Waals surface area contributed by atoms with Crippen molar-refractivity contribution >= 4 is 31.6 Å². The predicted octanol–water partition coefficient (Wildman–Crippen LogP) is 1.40. The van der Waals surface area contributed by atoms with Crippen molar-refractivity contribution in [2.45, 2.75) is 39.0 Å². The molecule has 0 bridgehead atoms. The van der Waals surface area contributed by atoms with Crippen LogP contribution in [0.15, 0.2) is 23.1 Å². The highest BCUT2D eigenvalue weighted by Gasteiger charge is 2.50. The first-order valence-electron chi connectivity index (χ1n) is 8.68. The number of nitrogens with one attached hydrogen (secondary N) is 1. The lowest BCUT2D eigenvalue weighted by atomic mass is 9.95. The van der Waals surface area contributed by atoms with Gasteiger partial charge < -0.3 is 4.74 Å². The van der Waals surface area contributed by atoms with Gasteiger partial charge in [-0.05, 0) is 57.9 Å². The maximum absolute atomic E-state index is 12.5. The zero-order valence-electron chi connectivity index (χ0n) is 16.0. The van der Waals surface area contributed by atoms with E-state index < -0.39 is 31.4 Å². The van der Waals surface area contributed by atoms with Crippen molar-refractivity contribution in [3.8, 4) is 0 Å². The van der Waals surface area contributed by atoms with Gasteiger partial charge in [0.05, 0.1) is 21.8 Å². The van der Waals surface area contributed by atoms with Gasteiger partial charge in [0.2, 0.25) is 26.0 Å². The number of benzene rings is 1. The highest BCUT2D eigenvalue weighted by Crippen LogP contribution is 2.36. The topological polar surface area (TPSA) is 110 Å². The first-order chi connectivity index (χ1) is 12.4. The number of ether oxygens (including phenoxy) is 1. The van der Waals surface area contributed by atoms with E-state index in [9.17, 15) is 21.6 Å². The van der Waals surface area contributed by atoms with Gasteiger partial charge in [-0.2, -0.15) is 0 Å². The largest absolute Gasteiger partial charge is 0.382 e. The minimum atomic E-state index is -3.78. The molecule has 0 atom stereocenters. The van der Waals surface area contributed by atoms with Crippen molar-refractivity contribution in [2.75, 3.05) is 29.8 Å². The SMILES string of the molecule is CCOCCCNS(=O)(=O)c1ccc(N2C(=O)C(C)(C)CS2(=O)=O)cc1C. The van der Waals surface area contributed by atoms with Crippen LogP contribution in [0.3, 0.4) is 0 Å². The van der Waals surface area contributed by atoms with Crippen LogP contribution in [-0.4, -0.2) is 48.3 Å². The summed E-state index contributed by atoms with van der Waals surface area (Å²) in [6, 6.07) is 4.08. The number of anilines is 1. The van der Waals surface area contributed by atoms with Gasteiger partial charge in [0.1, 0.15) is 0 Å². The Bertz CT molecular complexity index is 923. The summed E-state index contributed by atoms with van der Waals surface area (Å²) >= 11 is 0. The fourth-order valence-electron chi connectivity index (χ4n) is 2.93. The van der Waals surface area contributed by atoms with Gasteiger partial charge in [-0.1, -0.05) is 0 Å². The number of rotatable bonds is 8. The predicted molar refractivity (Wildman–Crippen MR) is 103 cm³/mol. The van der Waals surface area contributed by atoms with E-state index in [0.717, 1.165) is 4.31 Å². The molecule has 2 rings (SSSR count). The van der Waals surface area contributed by atoms with Crippen molar-refractivity contribution in [1.29, 1.82) is 0 Å². The number of aryl methyl sites for hydroxylation is 1. The van der Waals surface area contributed by atoms with Gasteiger partial charge in [0.25, 0.3) is 0 Å². The zero-order valence-corrected chi connectivity index (χ0v) is 17.6. The summed E-state index contributed by atoms with van der Waals surface area (Å²) in [6.45, 7) is 7.84. The van der Waals surface area contributed by atoms with E-state index in [2.05, 4.69) is 4.72 Å². The average Bonchev–Trinajstić information content (AvgIpc) is 2.69. The van der Waals surface area contributed by atoms with E-state index in [0.29, 0.717) is 25.2 Å². The third-order valence-corrected chi connectivity index (χ3v) is 7.87. The molecule has 10 heteroatoms. The number of hydrogen-bond donors (Lipinski definition) is 1. The second kappa shape index (κ2) is 7.86. The number of sulfonamides is 2. The van der Waals surface area contributed by atoms with Gasteiger partial charge in [-0.3, -0.25) is 4.79 Å². The molecule has 1 aliphatic rings. The maximum atomic E-state index is 12.5. The molecule has 1 amide bonds. The van der Waals surface area contributed by atoms with Gasteiger partial charge in [0.15, 0.2) is 0 Å². The van der Waals surface area contributed by atoms with Gasteiger partial charge in [0, 0.05) is 19.8 Å². The normalized spacial score (nSPS) is 18.8. The molecule has 0 aromatic heterocycles. The smallest absolute Gasteiger partial charge is 0.247 e. The molecule has 1 saturated heterocycles. The molecule has 0 radical (unpaired) electrons. The van der Waals surface area contributed by atoms with Crippen molar-refractivity contribution in [3.05, 3.63) is 23.8 Å². The van der Waals surface area contributed by atoms with Gasteiger partial charge >= 0.3 is 0 Å². The summed E-state index contributed by atoms with van der Waals surface area (Å²) in [6.07, 6.45) is 0.541. The standard InChI is InChI=1S/C17H26N2O6S2/c1-5-25-10-6-9-18-27(23,24)15-8-7-14(11-13(15)2)19-16(20)17(3,4)12-26(19,21)22/h7-8,11,18H,5-6,9-10,12H2,1-4H3. The second-order valence-electron chi connectivity index (χ2n) is 7.11. The lowest BCUT2D eigenvalue weighted by molar-refractivity contribution is -0.123. The van der Waals surface area contributed by atoms with E-state index in [1.165, 1.54) is 18.2 Å². The molecule has 1 N–H and O–H groups in total. The van der Waals surface area contributed by atoms with Crippen molar-refractivity contribution in [3.63, 3.8) is 0 Å². The van der Waals surface area contributed by atoms with Crippen molar-refractivity contribution in [2.24, 2.45) is 5.41 Å². The Morgan fingerprint density at radius 2 is 1.96 bits per heavy atom. The molecular formula is C17H26N2O6S2. The van der Waals surface area contributed by atoms with Crippen LogP contribution in [0.1, 0.15) is 32.8 Å². The van der Waals surface area contributed by atoms with E-state index in [-0.39, 0.29) is 22.9 Å². The minimum Gasteiger partial charge on any atom is -0.382 e. The van der Waals surface area contributed by atoms with Crippen LogP contribution in [0, 0.1) is 12.3 Å². The Morgan fingerprint density at radius 3 is 2.48 bits per heavy atom. The minimum absolute atomic E-state index is 0.0472. The maximum Gasteiger partial charge on any atom is 0.247 e. The molecule has 0 spiro atoms. The first-order valence-corrected chi connectivity index (χ1v) is 11.8. The Labute approximate surface area is 161 Å². The van der Waals surface area contributed by atoms with Gasteiger partial charge in [-0.15, -0.1) is 0 Å². The molecule has 0 aliphatic carbocycles. The Balaban J connectivity index is 2.24. The molecule has 152 valence electrons. The number of hydrogen-bond acceptors (Lipinski definition) is 6. The molecule has 1 fully saturated rings. The molecule has 1 aromatic rings. The van der Waals surface area contributed by atoms with Crippen LogP contribution < -0.4 is 9.03 Å². The molecular weight excluding hydrogens is 392 g/mol. The van der Waals surface area contributed by atoms with Crippen LogP contribution in [0.2, 0.25) is 0 Å². The summed E-state index contributed by atoms with van der Waals surface area (Å²) in [5, 5.41) is 0. The Morgan fingerprint density at radius 1 is 1.30 bits per heavy atom. The molecule has 8 nitrogen and oxygen atoms in total. The first kappa shape index (κ1) is 21.8. The fourth-order valence-corrected chi connectivity index (χ4v) is 6.32. The van der Waals surface area contributed by atoms with Crippen LogP contribution in [0.4, 0.5) is 5.69 Å². The van der Waals surface area contributed by atoms with E-state index in [1.807, 2.05) is 6.92 Å². The van der Waals surface area contributed by atoms with Gasteiger partial charge in [-0.25, -0.2) is 25.9 Å². The number of carbonyl (C=O) groups excluding carboxylic acids is 1. The van der Waals surface area contributed by atoms with Crippen LogP contribution in [-0.2, 0) is 29.6 Å². The number of carbonyl (C=O) groups is 1. The van der Waals surface area contributed by atoms with Crippen molar-refractivity contribution < 1.29 is 26.4 Å². The molecule has 1 heterocycles. The highest BCUT2D eigenvalue weighted by molar-refractivity contribution is 7.94. The summed E-state index contributed by atoms with van der Waals surface area (Å²) < 4.78 is 58.1. The molecule has 1 aliphatic heterocycles. The van der Waals surface area contributed by atoms with E-state index in [1.54, 1.807) is 20.8 Å². The second-order valence-corrected chi connectivity index (χ2v) is 10.7. The average molecular weight is 419 g/mol. The van der Waals surface area contributed by atoms with Crippen LogP contribution in [0.5, 0.6) is 0 Å². The lowest BCUT2D eigenvalue weighted by Crippen LogP contribution is -2.33.